The molecule has 0 nitrogen and oxygen atoms in total. The predicted octanol–water partition coefficient (Wildman–Crippen LogP) is 1.19. The van der Waals surface area contributed by atoms with Crippen molar-refractivity contribution in [3.63, 3.8) is 0 Å². The first-order valence-corrected chi connectivity index (χ1v) is 6.19. The van der Waals surface area contributed by atoms with Gasteiger partial charge in [0, 0.05) is 0 Å². The summed E-state index contributed by atoms with van der Waals surface area (Å²) in [6.45, 7) is 14.3. The van der Waals surface area contributed by atoms with E-state index in [1.807, 2.05) is 0 Å². The van der Waals surface area contributed by atoms with Crippen LogP contribution in [0, 0.1) is 17.8 Å². The van der Waals surface area contributed by atoms with E-state index in [4.69, 9.17) is 0 Å². The standard InChI is InChI=1S/C12H28B.Li/c1-10(2)7-13(8-11(3)4)9-12(5)6;/h10-13H,7-9H2,1-6H3;/q-1;+1. The van der Waals surface area contributed by atoms with Crippen LogP contribution >= 0.6 is 0 Å². The minimum absolute atomic E-state index is 0. The second-order valence-electron chi connectivity index (χ2n) is 6.11. The van der Waals surface area contributed by atoms with Crippen molar-refractivity contribution < 1.29 is 18.9 Å². The second-order valence-corrected chi connectivity index (χ2v) is 6.11. The molecule has 0 saturated carbocycles. The average molecular weight is 190 g/mol. The summed E-state index contributed by atoms with van der Waals surface area (Å²) in [5, 5.41) is 0. The number of rotatable bonds is 6. The average Bonchev–Trinajstić information content (AvgIpc) is 1.80. The molecule has 0 spiro atoms. The Bertz CT molecular complexity index is 97.7. The monoisotopic (exact) mass is 190 g/mol. The topological polar surface area (TPSA) is 0 Å². The van der Waals surface area contributed by atoms with Crippen LogP contribution in [0.5, 0.6) is 0 Å². The van der Waals surface area contributed by atoms with E-state index < -0.39 is 0 Å². The van der Waals surface area contributed by atoms with Gasteiger partial charge >= 0.3 is 18.9 Å². The molecule has 0 amide bonds. The SMILES string of the molecule is CC(C)C[BH-](CC(C)C)CC(C)C.[Li+]. The van der Waals surface area contributed by atoms with E-state index in [1.165, 1.54) is 19.0 Å². The van der Waals surface area contributed by atoms with Crippen molar-refractivity contribution in [1.29, 1.82) is 0 Å². The molecule has 0 fully saturated rings. The second kappa shape index (κ2) is 8.93. The molecular weight excluding hydrogens is 162 g/mol. The van der Waals surface area contributed by atoms with Gasteiger partial charge in [-0.05, 0) is 6.71 Å². The van der Waals surface area contributed by atoms with Crippen molar-refractivity contribution in [2.24, 2.45) is 17.8 Å². The Morgan fingerprint density at radius 3 is 1.00 bits per heavy atom. The molecule has 0 atom stereocenters. The zero-order chi connectivity index (χ0) is 10.4. The first kappa shape index (κ1) is 17.1. The molecule has 0 rings (SSSR count). The van der Waals surface area contributed by atoms with E-state index in [2.05, 4.69) is 41.5 Å². The molecule has 2 heteroatoms. The van der Waals surface area contributed by atoms with E-state index in [0.717, 1.165) is 17.8 Å². The summed E-state index contributed by atoms with van der Waals surface area (Å²) in [6, 6.07) is 0. The number of hydrogen-bond donors (Lipinski definition) is 0. The fraction of sp³-hybridized carbons (Fsp3) is 1.00. The van der Waals surface area contributed by atoms with Crippen LogP contribution in [-0.2, 0) is 0 Å². The zero-order valence-electron chi connectivity index (χ0n) is 11.6. The van der Waals surface area contributed by atoms with Gasteiger partial charge in [-0.2, -0.15) is 19.0 Å². The normalized spacial score (nSPS) is 11.6. The van der Waals surface area contributed by atoms with Gasteiger partial charge in [0.2, 0.25) is 0 Å². The molecule has 0 aliphatic rings. The van der Waals surface area contributed by atoms with Gasteiger partial charge in [0.1, 0.15) is 0 Å². The molecule has 0 aromatic rings. The maximum Gasteiger partial charge on any atom is 1.00 e. The molecule has 0 radical (unpaired) electrons. The van der Waals surface area contributed by atoms with E-state index in [-0.39, 0.29) is 25.6 Å². The molecule has 0 aromatic carbocycles. The van der Waals surface area contributed by atoms with Gasteiger partial charge in [0.25, 0.3) is 0 Å². The molecule has 0 saturated heterocycles. The Hall–Kier alpha value is 0.662. The van der Waals surface area contributed by atoms with Gasteiger partial charge < -0.3 is 0 Å². The summed E-state index contributed by atoms with van der Waals surface area (Å²) in [4.78, 5) is 0. The van der Waals surface area contributed by atoms with Gasteiger partial charge in [0.15, 0.2) is 0 Å². The number of hydrogen-bond acceptors (Lipinski definition) is 0. The maximum atomic E-state index is 2.36. The van der Waals surface area contributed by atoms with Gasteiger partial charge in [-0.25, -0.2) is 0 Å². The van der Waals surface area contributed by atoms with Crippen molar-refractivity contribution in [3.05, 3.63) is 0 Å². The van der Waals surface area contributed by atoms with Crippen LogP contribution in [0.3, 0.4) is 0 Å². The van der Waals surface area contributed by atoms with E-state index >= 15 is 0 Å². The molecule has 0 aliphatic carbocycles. The van der Waals surface area contributed by atoms with Crippen LogP contribution in [0.1, 0.15) is 41.5 Å². The van der Waals surface area contributed by atoms with Crippen molar-refractivity contribution in [2.45, 2.75) is 60.5 Å². The third-order valence-electron chi connectivity index (χ3n) is 2.96. The van der Waals surface area contributed by atoms with Crippen LogP contribution in [-0.4, -0.2) is 6.71 Å². The van der Waals surface area contributed by atoms with E-state index in [0.29, 0.717) is 0 Å². The van der Waals surface area contributed by atoms with E-state index in [9.17, 15) is 0 Å². The molecule has 0 aromatic heterocycles. The Balaban J connectivity index is 0. The molecule has 0 unspecified atom stereocenters. The minimum atomic E-state index is 0. The van der Waals surface area contributed by atoms with E-state index in [1.54, 1.807) is 0 Å². The summed E-state index contributed by atoms with van der Waals surface area (Å²) in [6.07, 6.45) is 4.49. The fourth-order valence-electron chi connectivity index (χ4n) is 2.80. The Labute approximate surface area is 104 Å². The third-order valence-corrected chi connectivity index (χ3v) is 2.96. The van der Waals surface area contributed by atoms with Crippen molar-refractivity contribution in [3.8, 4) is 0 Å². The van der Waals surface area contributed by atoms with Gasteiger partial charge in [0.05, 0.1) is 0 Å². The van der Waals surface area contributed by atoms with Gasteiger partial charge in [-0.1, -0.05) is 59.3 Å². The summed E-state index contributed by atoms with van der Waals surface area (Å²) in [7, 11) is 0. The zero-order valence-corrected chi connectivity index (χ0v) is 11.6. The molecule has 80 valence electrons. The van der Waals surface area contributed by atoms with Crippen LogP contribution in [0.4, 0.5) is 0 Å². The van der Waals surface area contributed by atoms with Crippen molar-refractivity contribution in [2.75, 3.05) is 0 Å². The third kappa shape index (κ3) is 10.7. The van der Waals surface area contributed by atoms with Crippen molar-refractivity contribution >= 4 is 6.71 Å². The van der Waals surface area contributed by atoms with Crippen LogP contribution in [0.15, 0.2) is 0 Å². The summed E-state index contributed by atoms with van der Waals surface area (Å²) in [5.74, 6) is 2.70. The first-order chi connectivity index (χ1) is 5.91. The van der Waals surface area contributed by atoms with Crippen LogP contribution < -0.4 is 18.9 Å². The largest absolute Gasteiger partial charge is 1.00 e. The predicted molar refractivity (Wildman–Crippen MR) is 66.1 cm³/mol. The fourth-order valence-corrected chi connectivity index (χ4v) is 2.80. The molecular formula is C12H28BLi. The van der Waals surface area contributed by atoms with Gasteiger partial charge in [-0.15, -0.1) is 0 Å². The Morgan fingerprint density at radius 1 is 0.643 bits per heavy atom. The van der Waals surface area contributed by atoms with Crippen LogP contribution in [0.25, 0.3) is 0 Å². The first-order valence-electron chi connectivity index (χ1n) is 6.19. The summed E-state index contributed by atoms with van der Waals surface area (Å²) in [5.41, 5.74) is 0. The summed E-state index contributed by atoms with van der Waals surface area (Å²) >= 11 is 0. The molecule has 0 N–H and O–H groups in total. The maximum absolute atomic E-state index is 2.36. The summed E-state index contributed by atoms with van der Waals surface area (Å²) < 4.78 is 0. The minimum Gasteiger partial charge on any atom is -0.179 e. The quantitative estimate of drug-likeness (QED) is 0.552. The molecule has 0 heterocycles. The Morgan fingerprint density at radius 2 is 0.857 bits per heavy atom. The smallest absolute Gasteiger partial charge is 0.179 e. The molecule has 0 aliphatic heterocycles. The Kier molecular flexibility index (Phi) is 10.9. The van der Waals surface area contributed by atoms with Crippen molar-refractivity contribution in [1.82, 2.24) is 0 Å². The molecule has 14 heavy (non-hydrogen) atoms. The van der Waals surface area contributed by atoms with Gasteiger partial charge in [-0.3, -0.25) is 0 Å². The van der Waals surface area contributed by atoms with Crippen LogP contribution in [0.2, 0.25) is 19.0 Å². The molecule has 0 bridgehead atoms.